The van der Waals surface area contributed by atoms with Crippen molar-refractivity contribution < 1.29 is 13.9 Å². The maximum absolute atomic E-state index is 14.7. The van der Waals surface area contributed by atoms with Gasteiger partial charge in [-0.2, -0.15) is 0 Å². The third-order valence-electron chi connectivity index (χ3n) is 7.03. The molecule has 27 heavy (non-hydrogen) atoms. The standard InChI is InChI=1S/C21H26BrFN2O2/c22-21-11-14-7-15(12-21)10-20(9-14,13-21)19(26)24-16-1-2-18(17(23)8-16)25-3-5-27-6-4-25/h1-2,8,14-15H,3-7,9-13H2,(H,24,26). The molecular weight excluding hydrogens is 411 g/mol. The number of hydrogen-bond acceptors (Lipinski definition) is 3. The molecule has 6 heteroatoms. The molecule has 6 rings (SSSR count). The zero-order valence-electron chi connectivity index (χ0n) is 15.5. The van der Waals surface area contributed by atoms with Crippen molar-refractivity contribution in [1.82, 2.24) is 0 Å². The molecule has 1 heterocycles. The second-order valence-electron chi connectivity index (χ2n) is 9.11. The molecule has 0 aromatic heterocycles. The molecule has 4 saturated carbocycles. The van der Waals surface area contributed by atoms with Crippen molar-refractivity contribution in [3.63, 3.8) is 0 Å². The van der Waals surface area contributed by atoms with Gasteiger partial charge >= 0.3 is 0 Å². The van der Waals surface area contributed by atoms with Crippen LogP contribution in [0.25, 0.3) is 0 Å². The van der Waals surface area contributed by atoms with Crippen LogP contribution in [0.15, 0.2) is 18.2 Å². The van der Waals surface area contributed by atoms with Gasteiger partial charge in [0.2, 0.25) is 5.91 Å². The summed E-state index contributed by atoms with van der Waals surface area (Å²) < 4.78 is 20.1. The van der Waals surface area contributed by atoms with Gasteiger partial charge in [-0.1, -0.05) is 15.9 Å². The van der Waals surface area contributed by atoms with Gasteiger partial charge < -0.3 is 15.0 Å². The maximum Gasteiger partial charge on any atom is 0.230 e. The lowest BCUT2D eigenvalue weighted by molar-refractivity contribution is -0.138. The fraction of sp³-hybridized carbons (Fsp3) is 0.667. The predicted octanol–water partition coefficient (Wildman–Crippen LogP) is 4.33. The first kappa shape index (κ1) is 17.9. The van der Waals surface area contributed by atoms with Crippen LogP contribution in [0.4, 0.5) is 15.8 Å². The topological polar surface area (TPSA) is 41.6 Å². The highest BCUT2D eigenvalue weighted by Gasteiger charge is 2.59. The molecule has 1 saturated heterocycles. The van der Waals surface area contributed by atoms with E-state index in [1.54, 1.807) is 6.07 Å². The molecule has 1 amide bonds. The van der Waals surface area contributed by atoms with E-state index in [2.05, 4.69) is 21.2 Å². The molecule has 146 valence electrons. The van der Waals surface area contributed by atoms with Crippen LogP contribution < -0.4 is 10.2 Å². The number of hydrogen-bond donors (Lipinski definition) is 1. The number of nitrogens with zero attached hydrogens (tertiary/aromatic N) is 1. The summed E-state index contributed by atoms with van der Waals surface area (Å²) >= 11 is 3.96. The van der Waals surface area contributed by atoms with Crippen LogP contribution in [-0.2, 0) is 9.53 Å². The van der Waals surface area contributed by atoms with Gasteiger partial charge in [0.05, 0.1) is 24.3 Å². The van der Waals surface area contributed by atoms with Gasteiger partial charge in [-0.05, 0) is 68.6 Å². The number of alkyl halides is 1. The fourth-order valence-electron chi connectivity index (χ4n) is 6.33. The molecule has 5 fully saturated rings. The van der Waals surface area contributed by atoms with Gasteiger partial charge in [0.15, 0.2) is 0 Å². The van der Waals surface area contributed by atoms with Gasteiger partial charge in [0.1, 0.15) is 5.82 Å². The first-order valence-corrected chi connectivity index (χ1v) is 10.9. The number of amides is 1. The third-order valence-corrected chi connectivity index (χ3v) is 7.96. The van der Waals surface area contributed by atoms with Gasteiger partial charge in [0.25, 0.3) is 0 Å². The lowest BCUT2D eigenvalue weighted by atomic mass is 9.49. The average Bonchev–Trinajstić information content (AvgIpc) is 2.60. The Bertz CT molecular complexity index is 751. The van der Waals surface area contributed by atoms with Crippen LogP contribution in [0, 0.1) is 23.1 Å². The fourth-order valence-corrected chi connectivity index (χ4v) is 7.78. The highest BCUT2D eigenvalue weighted by Crippen LogP contribution is 2.64. The van der Waals surface area contributed by atoms with E-state index in [-0.39, 0.29) is 21.5 Å². The molecule has 1 aliphatic heterocycles. The Morgan fingerprint density at radius 1 is 1.19 bits per heavy atom. The number of nitrogens with one attached hydrogen (secondary N) is 1. The Morgan fingerprint density at radius 2 is 1.89 bits per heavy atom. The number of rotatable bonds is 3. The molecule has 4 bridgehead atoms. The van der Waals surface area contributed by atoms with Crippen LogP contribution >= 0.6 is 15.9 Å². The Morgan fingerprint density at radius 3 is 2.52 bits per heavy atom. The summed E-state index contributed by atoms with van der Waals surface area (Å²) in [6, 6.07) is 5.07. The zero-order chi connectivity index (χ0) is 18.6. The summed E-state index contributed by atoms with van der Waals surface area (Å²) in [4.78, 5) is 15.2. The van der Waals surface area contributed by atoms with Crippen molar-refractivity contribution in [3.05, 3.63) is 24.0 Å². The molecule has 0 spiro atoms. The van der Waals surface area contributed by atoms with Gasteiger partial charge in [0, 0.05) is 23.1 Å². The summed E-state index contributed by atoms with van der Waals surface area (Å²) in [5.41, 5.74) is 0.867. The summed E-state index contributed by atoms with van der Waals surface area (Å²) in [6.07, 6.45) is 6.54. The van der Waals surface area contributed by atoms with E-state index in [0.717, 1.165) is 19.3 Å². The minimum Gasteiger partial charge on any atom is -0.378 e. The largest absolute Gasteiger partial charge is 0.378 e. The number of anilines is 2. The molecular formula is C21H26BrFN2O2. The number of halogens is 2. The van der Waals surface area contributed by atoms with Crippen molar-refractivity contribution >= 4 is 33.2 Å². The van der Waals surface area contributed by atoms with Crippen LogP contribution in [0.1, 0.15) is 38.5 Å². The second kappa shape index (κ2) is 6.45. The van der Waals surface area contributed by atoms with Crippen LogP contribution in [0.3, 0.4) is 0 Å². The van der Waals surface area contributed by atoms with Crippen molar-refractivity contribution in [3.8, 4) is 0 Å². The van der Waals surface area contributed by atoms with Crippen molar-refractivity contribution in [2.24, 2.45) is 17.3 Å². The molecule has 1 aromatic carbocycles. The lowest BCUT2D eigenvalue weighted by Crippen LogP contribution is -2.57. The summed E-state index contributed by atoms with van der Waals surface area (Å²) in [7, 11) is 0. The zero-order valence-corrected chi connectivity index (χ0v) is 17.1. The van der Waals surface area contributed by atoms with E-state index < -0.39 is 0 Å². The quantitative estimate of drug-likeness (QED) is 0.716. The monoisotopic (exact) mass is 436 g/mol. The Balaban J connectivity index is 1.33. The number of carbonyl (C=O) groups excluding carboxylic acids is 1. The van der Waals surface area contributed by atoms with Crippen molar-refractivity contribution in [1.29, 1.82) is 0 Å². The Kier molecular flexibility index (Phi) is 4.28. The molecule has 0 radical (unpaired) electrons. The number of ether oxygens (including phenoxy) is 1. The van der Waals surface area contributed by atoms with Crippen LogP contribution in [0.2, 0.25) is 0 Å². The molecule has 4 aliphatic carbocycles. The number of morpholine rings is 1. The highest BCUT2D eigenvalue weighted by atomic mass is 79.9. The van der Waals surface area contributed by atoms with E-state index >= 15 is 0 Å². The Labute approximate surface area is 168 Å². The first-order valence-electron chi connectivity index (χ1n) is 10.1. The van der Waals surface area contributed by atoms with Gasteiger partial charge in [-0.15, -0.1) is 0 Å². The average molecular weight is 437 g/mol. The van der Waals surface area contributed by atoms with E-state index in [0.29, 0.717) is 49.5 Å². The van der Waals surface area contributed by atoms with Gasteiger partial charge in [-0.3, -0.25) is 4.79 Å². The SMILES string of the molecule is O=C(Nc1ccc(N2CCOCC2)c(F)c1)C12CC3CC(CC(Br)(C3)C1)C2. The molecule has 2 atom stereocenters. The van der Waals surface area contributed by atoms with E-state index in [4.69, 9.17) is 4.74 Å². The second-order valence-corrected chi connectivity index (χ2v) is 10.8. The minimum absolute atomic E-state index is 0.0824. The smallest absolute Gasteiger partial charge is 0.230 e. The molecule has 4 nitrogen and oxygen atoms in total. The normalized spacial score (nSPS) is 37.5. The van der Waals surface area contributed by atoms with Gasteiger partial charge in [-0.25, -0.2) is 4.39 Å². The number of benzene rings is 1. The first-order chi connectivity index (χ1) is 12.9. The summed E-state index contributed by atoms with van der Waals surface area (Å²) in [5.74, 6) is 1.10. The number of carbonyl (C=O) groups is 1. The van der Waals surface area contributed by atoms with E-state index in [1.165, 1.54) is 25.3 Å². The summed E-state index contributed by atoms with van der Waals surface area (Å²) in [5, 5.41) is 3.04. The highest BCUT2D eigenvalue weighted by molar-refractivity contribution is 9.10. The molecule has 1 aromatic rings. The summed E-state index contributed by atoms with van der Waals surface area (Å²) in [6.45, 7) is 2.64. The van der Waals surface area contributed by atoms with Crippen LogP contribution in [-0.4, -0.2) is 36.5 Å². The lowest BCUT2D eigenvalue weighted by Gasteiger charge is -2.59. The van der Waals surface area contributed by atoms with E-state index in [9.17, 15) is 9.18 Å². The predicted molar refractivity (Wildman–Crippen MR) is 107 cm³/mol. The minimum atomic E-state index is -0.285. The van der Waals surface area contributed by atoms with Crippen LogP contribution in [0.5, 0.6) is 0 Å². The molecule has 5 aliphatic rings. The molecule has 2 unspecified atom stereocenters. The van der Waals surface area contributed by atoms with E-state index in [1.807, 2.05) is 11.0 Å². The third kappa shape index (κ3) is 3.19. The maximum atomic E-state index is 14.7. The van der Waals surface area contributed by atoms with Crippen molar-refractivity contribution in [2.45, 2.75) is 42.8 Å². The van der Waals surface area contributed by atoms with Crippen molar-refractivity contribution in [2.75, 3.05) is 36.5 Å². The molecule has 1 N–H and O–H groups in total. The Hall–Kier alpha value is -1.14.